The van der Waals surface area contributed by atoms with Crippen LogP contribution in [-0.4, -0.2) is 21.8 Å². The van der Waals surface area contributed by atoms with Gasteiger partial charge in [-0.05, 0) is 37.3 Å². The van der Waals surface area contributed by atoms with Gasteiger partial charge < -0.3 is 16.0 Å². The molecule has 0 radical (unpaired) electrons. The molecule has 0 unspecified atom stereocenters. The lowest BCUT2D eigenvalue weighted by Crippen LogP contribution is -2.15. The molecule has 3 aromatic rings. The summed E-state index contributed by atoms with van der Waals surface area (Å²) in [5, 5.41) is 8.14. The van der Waals surface area contributed by atoms with Crippen LogP contribution in [0, 0.1) is 18.6 Å². The summed E-state index contributed by atoms with van der Waals surface area (Å²) in [7, 11) is 0. The van der Waals surface area contributed by atoms with Gasteiger partial charge in [-0.3, -0.25) is 9.59 Å². The summed E-state index contributed by atoms with van der Waals surface area (Å²) in [6.07, 6.45) is 0. The Kier molecular flexibility index (Phi) is 5.77. The van der Waals surface area contributed by atoms with Gasteiger partial charge in [0, 0.05) is 36.1 Å². The van der Waals surface area contributed by atoms with Crippen LogP contribution in [-0.2, 0) is 4.79 Å². The molecule has 2 amide bonds. The normalized spacial score (nSPS) is 10.3. The second-order valence-corrected chi connectivity index (χ2v) is 6.16. The molecule has 0 bridgehead atoms. The molecule has 1 aromatic heterocycles. The highest BCUT2D eigenvalue weighted by molar-refractivity contribution is 6.03. The van der Waals surface area contributed by atoms with Crippen molar-refractivity contribution >= 4 is 34.7 Å². The Labute approximate surface area is 165 Å². The van der Waals surface area contributed by atoms with Gasteiger partial charge in [-0.25, -0.2) is 18.7 Å². The number of aromatic nitrogens is 2. The van der Waals surface area contributed by atoms with Crippen molar-refractivity contribution in [1.29, 1.82) is 0 Å². The van der Waals surface area contributed by atoms with E-state index in [4.69, 9.17) is 0 Å². The minimum absolute atomic E-state index is 0.0764. The highest BCUT2D eigenvalue weighted by Gasteiger charge is 2.12. The second-order valence-electron chi connectivity index (χ2n) is 6.16. The Balaban J connectivity index is 1.79. The molecule has 0 aliphatic carbocycles. The molecule has 29 heavy (non-hydrogen) atoms. The van der Waals surface area contributed by atoms with Crippen molar-refractivity contribution in [2.45, 2.75) is 13.8 Å². The predicted molar refractivity (Wildman–Crippen MR) is 105 cm³/mol. The van der Waals surface area contributed by atoms with Crippen LogP contribution in [0.2, 0.25) is 0 Å². The van der Waals surface area contributed by atoms with Crippen molar-refractivity contribution in [1.82, 2.24) is 9.97 Å². The van der Waals surface area contributed by atoms with E-state index in [0.717, 1.165) is 12.1 Å². The van der Waals surface area contributed by atoms with Crippen molar-refractivity contribution in [2.75, 3.05) is 16.0 Å². The molecule has 9 heteroatoms. The first kappa shape index (κ1) is 19.9. The molecule has 3 N–H and O–H groups in total. The van der Waals surface area contributed by atoms with Gasteiger partial charge in [0.2, 0.25) is 5.91 Å². The number of hydrogen-bond acceptors (Lipinski definition) is 5. The minimum atomic E-state index is -1.00. The van der Waals surface area contributed by atoms with Crippen LogP contribution >= 0.6 is 0 Å². The number of nitrogens with one attached hydrogen (secondary N) is 3. The third-order valence-corrected chi connectivity index (χ3v) is 3.70. The van der Waals surface area contributed by atoms with E-state index < -0.39 is 17.5 Å². The van der Waals surface area contributed by atoms with Crippen LogP contribution in [0.4, 0.5) is 31.7 Å². The average Bonchev–Trinajstić information content (AvgIpc) is 2.64. The number of aryl methyl sites for hydroxylation is 1. The fourth-order valence-corrected chi connectivity index (χ4v) is 2.54. The number of benzene rings is 2. The number of carbonyl (C=O) groups is 2. The van der Waals surface area contributed by atoms with Crippen molar-refractivity contribution < 1.29 is 18.4 Å². The zero-order chi connectivity index (χ0) is 21.0. The average molecular weight is 397 g/mol. The lowest BCUT2D eigenvalue weighted by atomic mass is 10.2. The highest BCUT2D eigenvalue weighted by atomic mass is 19.2. The van der Waals surface area contributed by atoms with Crippen molar-refractivity contribution in [3.63, 3.8) is 0 Å². The largest absolute Gasteiger partial charge is 0.340 e. The summed E-state index contributed by atoms with van der Waals surface area (Å²) in [6, 6.07) is 11.4. The molecule has 7 nitrogen and oxygen atoms in total. The number of nitrogens with zero attached hydrogens (tertiary/aromatic N) is 2. The summed E-state index contributed by atoms with van der Waals surface area (Å²) in [5.41, 5.74) is 1.35. The maximum atomic E-state index is 13.4. The lowest BCUT2D eigenvalue weighted by Gasteiger charge is -2.10. The topological polar surface area (TPSA) is 96.0 Å². The molecule has 0 spiro atoms. The Morgan fingerprint density at radius 3 is 2.28 bits per heavy atom. The van der Waals surface area contributed by atoms with Crippen LogP contribution in [0.15, 0.2) is 48.5 Å². The zero-order valence-corrected chi connectivity index (χ0v) is 15.6. The number of amides is 2. The van der Waals surface area contributed by atoms with E-state index in [9.17, 15) is 18.4 Å². The van der Waals surface area contributed by atoms with E-state index in [0.29, 0.717) is 17.2 Å². The Morgan fingerprint density at radius 2 is 1.59 bits per heavy atom. The van der Waals surface area contributed by atoms with Crippen molar-refractivity contribution in [3.8, 4) is 0 Å². The summed E-state index contributed by atoms with van der Waals surface area (Å²) >= 11 is 0. The van der Waals surface area contributed by atoms with E-state index in [2.05, 4.69) is 25.9 Å². The fourth-order valence-electron chi connectivity index (χ4n) is 2.54. The number of hydrogen-bond donors (Lipinski definition) is 3. The SMILES string of the molecule is CC(=O)Nc1cccc(NC(=O)c2cc(Nc3ccc(F)c(F)c3)nc(C)n2)c1. The first-order chi connectivity index (χ1) is 13.8. The monoisotopic (exact) mass is 397 g/mol. The highest BCUT2D eigenvalue weighted by Crippen LogP contribution is 2.20. The number of rotatable bonds is 5. The zero-order valence-electron chi connectivity index (χ0n) is 15.6. The van der Waals surface area contributed by atoms with Gasteiger partial charge in [0.05, 0.1) is 0 Å². The molecule has 0 saturated carbocycles. The van der Waals surface area contributed by atoms with Gasteiger partial charge >= 0.3 is 0 Å². The molecule has 0 saturated heterocycles. The number of carbonyl (C=O) groups excluding carboxylic acids is 2. The summed E-state index contributed by atoms with van der Waals surface area (Å²) in [5.74, 6) is -2.12. The number of halogens is 2. The standard InChI is InChI=1S/C20H17F2N5O2/c1-11-23-18(10-19(24-11)26-15-6-7-16(21)17(22)9-15)20(29)27-14-5-3-4-13(8-14)25-12(2)28/h3-10H,1-2H3,(H,25,28)(H,27,29)(H,23,24,26). The smallest absolute Gasteiger partial charge is 0.274 e. The van der Waals surface area contributed by atoms with Crippen LogP contribution in [0.25, 0.3) is 0 Å². The van der Waals surface area contributed by atoms with E-state index in [1.54, 1.807) is 31.2 Å². The van der Waals surface area contributed by atoms with Crippen LogP contribution < -0.4 is 16.0 Å². The molecule has 0 fully saturated rings. The molecule has 2 aromatic carbocycles. The summed E-state index contributed by atoms with van der Waals surface area (Å²) in [4.78, 5) is 32.0. The van der Waals surface area contributed by atoms with Crippen molar-refractivity contribution in [3.05, 3.63) is 71.7 Å². The number of anilines is 4. The van der Waals surface area contributed by atoms with E-state index in [1.165, 1.54) is 19.1 Å². The first-order valence-corrected chi connectivity index (χ1v) is 8.57. The fraction of sp³-hybridized carbons (Fsp3) is 0.100. The van der Waals surface area contributed by atoms with Crippen LogP contribution in [0.1, 0.15) is 23.2 Å². The Morgan fingerprint density at radius 1 is 0.862 bits per heavy atom. The van der Waals surface area contributed by atoms with Crippen LogP contribution in [0.5, 0.6) is 0 Å². The quantitative estimate of drug-likeness (QED) is 0.604. The first-order valence-electron chi connectivity index (χ1n) is 8.57. The van der Waals surface area contributed by atoms with Crippen LogP contribution in [0.3, 0.4) is 0 Å². The van der Waals surface area contributed by atoms with Gasteiger partial charge in [0.1, 0.15) is 17.3 Å². The molecule has 1 heterocycles. The minimum Gasteiger partial charge on any atom is -0.340 e. The third kappa shape index (κ3) is 5.32. The van der Waals surface area contributed by atoms with Gasteiger partial charge in [-0.15, -0.1) is 0 Å². The van der Waals surface area contributed by atoms with Gasteiger partial charge in [0.15, 0.2) is 11.6 Å². The predicted octanol–water partition coefficient (Wildman–Crippen LogP) is 4.02. The van der Waals surface area contributed by atoms with E-state index >= 15 is 0 Å². The molecule has 0 aliphatic rings. The second kappa shape index (κ2) is 8.42. The van der Waals surface area contributed by atoms with Crippen molar-refractivity contribution in [2.24, 2.45) is 0 Å². The maximum absolute atomic E-state index is 13.4. The molecule has 148 valence electrons. The molecule has 3 rings (SSSR count). The van der Waals surface area contributed by atoms with E-state index in [-0.39, 0.29) is 23.1 Å². The Bertz CT molecular complexity index is 1090. The molecular weight excluding hydrogens is 380 g/mol. The molecular formula is C20H17F2N5O2. The summed E-state index contributed by atoms with van der Waals surface area (Å²) < 4.78 is 26.5. The Hall–Kier alpha value is -3.88. The summed E-state index contributed by atoms with van der Waals surface area (Å²) in [6.45, 7) is 2.99. The maximum Gasteiger partial charge on any atom is 0.274 e. The van der Waals surface area contributed by atoms with E-state index in [1.807, 2.05) is 0 Å². The van der Waals surface area contributed by atoms with Gasteiger partial charge in [-0.2, -0.15) is 0 Å². The molecule has 0 aliphatic heterocycles. The molecule has 0 atom stereocenters. The van der Waals surface area contributed by atoms with Gasteiger partial charge in [0.25, 0.3) is 5.91 Å². The lowest BCUT2D eigenvalue weighted by molar-refractivity contribution is -0.114. The third-order valence-electron chi connectivity index (χ3n) is 3.70. The van der Waals surface area contributed by atoms with Gasteiger partial charge in [-0.1, -0.05) is 6.07 Å².